The number of fused-ring (bicyclic) bond motifs is 1. The molecule has 0 bridgehead atoms. The van der Waals surface area contributed by atoms with Crippen molar-refractivity contribution in [2.24, 2.45) is 0 Å². The highest BCUT2D eigenvalue weighted by Crippen LogP contribution is 2.23. The predicted octanol–water partition coefficient (Wildman–Crippen LogP) is 2.87. The van der Waals surface area contributed by atoms with Crippen LogP contribution in [-0.2, 0) is 6.54 Å². The van der Waals surface area contributed by atoms with E-state index in [0.717, 1.165) is 10.8 Å². The SMILES string of the molecule is CCn1ccnc1C(=O)c1cc2ccccc2cc1N. The fourth-order valence-electron chi connectivity index (χ4n) is 2.35. The number of rotatable bonds is 3. The molecule has 2 N–H and O–H groups in total. The van der Waals surface area contributed by atoms with Crippen molar-refractivity contribution in [1.82, 2.24) is 9.55 Å². The average molecular weight is 265 g/mol. The highest BCUT2D eigenvalue weighted by atomic mass is 16.1. The summed E-state index contributed by atoms with van der Waals surface area (Å²) in [7, 11) is 0. The van der Waals surface area contributed by atoms with Gasteiger partial charge in [0.25, 0.3) is 0 Å². The number of carbonyl (C=O) groups is 1. The molecule has 0 spiro atoms. The quantitative estimate of drug-likeness (QED) is 0.585. The number of carbonyl (C=O) groups excluding carboxylic acids is 1. The summed E-state index contributed by atoms with van der Waals surface area (Å²) in [6.45, 7) is 2.68. The first-order valence-corrected chi connectivity index (χ1v) is 6.55. The first-order chi connectivity index (χ1) is 9.70. The van der Waals surface area contributed by atoms with E-state index in [0.29, 0.717) is 23.6 Å². The Kier molecular flexibility index (Phi) is 2.99. The van der Waals surface area contributed by atoms with Gasteiger partial charge in [0.15, 0.2) is 5.82 Å². The summed E-state index contributed by atoms with van der Waals surface area (Å²) in [5.74, 6) is 0.287. The molecule has 0 saturated heterocycles. The van der Waals surface area contributed by atoms with E-state index < -0.39 is 0 Å². The van der Waals surface area contributed by atoms with Gasteiger partial charge in [-0.15, -0.1) is 0 Å². The summed E-state index contributed by atoms with van der Waals surface area (Å²) in [6, 6.07) is 11.5. The average Bonchev–Trinajstić information content (AvgIpc) is 2.94. The van der Waals surface area contributed by atoms with Crippen molar-refractivity contribution in [1.29, 1.82) is 0 Å². The number of anilines is 1. The van der Waals surface area contributed by atoms with Crippen molar-refractivity contribution < 1.29 is 4.79 Å². The minimum absolute atomic E-state index is 0.139. The van der Waals surface area contributed by atoms with Crippen LogP contribution in [0.3, 0.4) is 0 Å². The molecule has 0 aliphatic carbocycles. The summed E-state index contributed by atoms with van der Waals surface area (Å²) in [6.07, 6.45) is 3.43. The smallest absolute Gasteiger partial charge is 0.230 e. The van der Waals surface area contributed by atoms with Gasteiger partial charge in [0.1, 0.15) is 0 Å². The monoisotopic (exact) mass is 265 g/mol. The standard InChI is InChI=1S/C16H15N3O/c1-2-19-8-7-18-16(19)15(20)13-9-11-5-3-4-6-12(11)10-14(13)17/h3-10H,2,17H2,1H3. The molecule has 3 rings (SSSR count). The molecule has 4 heteroatoms. The van der Waals surface area contributed by atoms with Gasteiger partial charge in [0.2, 0.25) is 5.78 Å². The van der Waals surface area contributed by atoms with Crippen LogP contribution in [-0.4, -0.2) is 15.3 Å². The van der Waals surface area contributed by atoms with Crippen molar-refractivity contribution in [2.75, 3.05) is 5.73 Å². The van der Waals surface area contributed by atoms with Gasteiger partial charge in [-0.2, -0.15) is 0 Å². The fourth-order valence-corrected chi connectivity index (χ4v) is 2.35. The Hall–Kier alpha value is -2.62. The minimum atomic E-state index is -0.139. The number of hydrogen-bond acceptors (Lipinski definition) is 3. The molecule has 0 aliphatic heterocycles. The maximum Gasteiger partial charge on any atom is 0.230 e. The molecule has 100 valence electrons. The number of aryl methyl sites for hydroxylation is 1. The van der Waals surface area contributed by atoms with Gasteiger partial charge < -0.3 is 10.3 Å². The number of nitrogens with two attached hydrogens (primary N) is 1. The molecule has 0 fully saturated rings. The number of nitrogen functional groups attached to an aromatic ring is 1. The van der Waals surface area contributed by atoms with E-state index in [-0.39, 0.29) is 5.78 Å². The van der Waals surface area contributed by atoms with E-state index >= 15 is 0 Å². The summed E-state index contributed by atoms with van der Waals surface area (Å²) in [4.78, 5) is 16.7. The third-order valence-electron chi connectivity index (χ3n) is 3.42. The van der Waals surface area contributed by atoms with Gasteiger partial charge in [0.05, 0.1) is 0 Å². The fraction of sp³-hybridized carbons (Fsp3) is 0.125. The van der Waals surface area contributed by atoms with E-state index in [4.69, 9.17) is 5.73 Å². The molecular formula is C16H15N3O. The topological polar surface area (TPSA) is 60.9 Å². The number of nitrogens with zero attached hydrogens (tertiary/aromatic N) is 2. The van der Waals surface area contributed by atoms with Crippen molar-refractivity contribution in [3.05, 3.63) is 60.2 Å². The number of imidazole rings is 1. The Labute approximate surface area is 116 Å². The van der Waals surface area contributed by atoms with E-state index in [1.807, 2.05) is 47.9 Å². The van der Waals surface area contributed by atoms with Gasteiger partial charge in [-0.3, -0.25) is 4.79 Å². The highest BCUT2D eigenvalue weighted by Gasteiger charge is 2.17. The van der Waals surface area contributed by atoms with Gasteiger partial charge in [-0.05, 0) is 29.8 Å². The lowest BCUT2D eigenvalue weighted by molar-refractivity contribution is 0.102. The second-order valence-electron chi connectivity index (χ2n) is 4.65. The Morgan fingerprint density at radius 3 is 2.65 bits per heavy atom. The Bertz CT molecular complexity index is 789. The van der Waals surface area contributed by atoms with Crippen LogP contribution in [0.25, 0.3) is 10.8 Å². The molecule has 3 aromatic rings. The molecule has 0 unspecified atom stereocenters. The lowest BCUT2D eigenvalue weighted by atomic mass is 10.0. The molecule has 0 saturated carbocycles. The van der Waals surface area contributed by atoms with Gasteiger partial charge in [-0.1, -0.05) is 24.3 Å². The highest BCUT2D eigenvalue weighted by molar-refractivity contribution is 6.12. The van der Waals surface area contributed by atoms with Crippen LogP contribution in [0.1, 0.15) is 23.1 Å². The van der Waals surface area contributed by atoms with Crippen LogP contribution in [0.5, 0.6) is 0 Å². The molecule has 2 aromatic carbocycles. The Balaban J connectivity index is 2.14. The van der Waals surface area contributed by atoms with Gasteiger partial charge in [-0.25, -0.2) is 4.98 Å². The van der Waals surface area contributed by atoms with Gasteiger partial charge in [0, 0.05) is 30.2 Å². The lowest BCUT2D eigenvalue weighted by Gasteiger charge is -2.08. The summed E-state index contributed by atoms with van der Waals surface area (Å²) < 4.78 is 1.82. The molecule has 1 aromatic heterocycles. The Morgan fingerprint density at radius 1 is 1.25 bits per heavy atom. The van der Waals surface area contributed by atoms with Crippen molar-refractivity contribution in [2.45, 2.75) is 13.5 Å². The number of hydrogen-bond donors (Lipinski definition) is 1. The molecule has 0 atom stereocenters. The van der Waals surface area contributed by atoms with Gasteiger partial charge >= 0.3 is 0 Å². The zero-order valence-corrected chi connectivity index (χ0v) is 11.2. The normalized spacial score (nSPS) is 10.8. The van der Waals surface area contributed by atoms with E-state index in [1.54, 1.807) is 12.4 Å². The molecule has 1 heterocycles. The second kappa shape index (κ2) is 4.81. The van der Waals surface area contributed by atoms with E-state index in [2.05, 4.69) is 4.98 Å². The third-order valence-corrected chi connectivity index (χ3v) is 3.42. The van der Waals surface area contributed by atoms with Crippen molar-refractivity contribution >= 4 is 22.2 Å². The zero-order valence-electron chi connectivity index (χ0n) is 11.2. The summed E-state index contributed by atoms with van der Waals surface area (Å²) >= 11 is 0. The Morgan fingerprint density at radius 2 is 1.95 bits per heavy atom. The molecule has 0 radical (unpaired) electrons. The first-order valence-electron chi connectivity index (χ1n) is 6.55. The number of ketones is 1. The summed E-state index contributed by atoms with van der Waals surface area (Å²) in [5, 5.41) is 2.03. The van der Waals surface area contributed by atoms with E-state index in [1.165, 1.54) is 0 Å². The molecule has 0 amide bonds. The third kappa shape index (κ3) is 1.95. The lowest BCUT2D eigenvalue weighted by Crippen LogP contribution is -2.12. The zero-order chi connectivity index (χ0) is 14.1. The van der Waals surface area contributed by atoms with E-state index in [9.17, 15) is 4.79 Å². The minimum Gasteiger partial charge on any atom is -0.398 e. The molecule has 0 aliphatic rings. The summed E-state index contributed by atoms with van der Waals surface area (Å²) in [5.41, 5.74) is 7.02. The predicted molar refractivity (Wildman–Crippen MR) is 79.7 cm³/mol. The molecule has 4 nitrogen and oxygen atoms in total. The van der Waals surface area contributed by atoms with Crippen LogP contribution in [0, 0.1) is 0 Å². The largest absolute Gasteiger partial charge is 0.398 e. The van der Waals surface area contributed by atoms with Crippen LogP contribution >= 0.6 is 0 Å². The maximum atomic E-state index is 12.6. The molecular weight excluding hydrogens is 250 g/mol. The number of aromatic nitrogens is 2. The molecule has 20 heavy (non-hydrogen) atoms. The number of benzene rings is 2. The van der Waals surface area contributed by atoms with Crippen LogP contribution in [0.4, 0.5) is 5.69 Å². The van der Waals surface area contributed by atoms with Crippen molar-refractivity contribution in [3.8, 4) is 0 Å². The van der Waals surface area contributed by atoms with Crippen molar-refractivity contribution in [3.63, 3.8) is 0 Å². The maximum absolute atomic E-state index is 12.6. The van der Waals surface area contributed by atoms with Crippen LogP contribution in [0.2, 0.25) is 0 Å². The van der Waals surface area contributed by atoms with Crippen LogP contribution in [0.15, 0.2) is 48.8 Å². The first kappa shape index (κ1) is 12.4. The van der Waals surface area contributed by atoms with Crippen LogP contribution < -0.4 is 5.73 Å². The second-order valence-corrected chi connectivity index (χ2v) is 4.65.